The molecular weight excluding hydrogens is 320 g/mol. The topological polar surface area (TPSA) is 85.5 Å². The third-order valence-corrected chi connectivity index (χ3v) is 3.64. The molecule has 0 spiro atoms. The summed E-state index contributed by atoms with van der Waals surface area (Å²) in [4.78, 5) is 10.9. The van der Waals surface area contributed by atoms with Crippen molar-refractivity contribution in [1.82, 2.24) is 10.2 Å². The second-order valence-corrected chi connectivity index (χ2v) is 5.50. The van der Waals surface area contributed by atoms with Gasteiger partial charge in [-0.2, -0.15) is 0 Å². The van der Waals surface area contributed by atoms with Crippen LogP contribution in [0, 0.1) is 0 Å². The highest BCUT2D eigenvalue weighted by Gasteiger charge is 2.09. The maximum atomic E-state index is 10.9. The number of aromatic carboxylic acids is 1. The Hall–Kier alpha value is -3.15. The molecule has 0 saturated carbocycles. The lowest BCUT2D eigenvalue weighted by atomic mass is 10.1. The lowest BCUT2D eigenvalue weighted by Gasteiger charge is -2.04. The first-order chi connectivity index (χ1) is 12.2. The number of carboxylic acids is 1. The van der Waals surface area contributed by atoms with Crippen LogP contribution < -0.4 is 4.74 Å². The molecule has 25 heavy (non-hydrogen) atoms. The van der Waals surface area contributed by atoms with E-state index in [1.165, 1.54) is 12.1 Å². The Kier molecular flexibility index (Phi) is 5.41. The van der Waals surface area contributed by atoms with Crippen molar-refractivity contribution >= 4 is 5.97 Å². The molecule has 0 bridgehead atoms. The number of hydrogen-bond donors (Lipinski definition) is 1. The van der Waals surface area contributed by atoms with E-state index in [1.54, 1.807) is 12.1 Å². The van der Waals surface area contributed by atoms with Gasteiger partial charge in [0.15, 0.2) is 0 Å². The monoisotopic (exact) mass is 338 g/mol. The van der Waals surface area contributed by atoms with Gasteiger partial charge in [0.25, 0.3) is 0 Å². The van der Waals surface area contributed by atoms with Crippen molar-refractivity contribution in [2.75, 3.05) is 6.61 Å². The van der Waals surface area contributed by atoms with E-state index in [0.29, 0.717) is 30.4 Å². The predicted molar refractivity (Wildman–Crippen MR) is 91.6 cm³/mol. The maximum Gasteiger partial charge on any atom is 0.335 e. The number of carbonyl (C=O) groups is 1. The van der Waals surface area contributed by atoms with Crippen LogP contribution in [-0.2, 0) is 6.42 Å². The highest BCUT2D eigenvalue weighted by Crippen LogP contribution is 2.19. The van der Waals surface area contributed by atoms with Gasteiger partial charge in [-0.15, -0.1) is 10.2 Å². The second kappa shape index (κ2) is 8.10. The van der Waals surface area contributed by atoms with Crippen LogP contribution in [0.5, 0.6) is 5.75 Å². The Morgan fingerprint density at radius 1 is 1.00 bits per heavy atom. The summed E-state index contributed by atoms with van der Waals surface area (Å²) in [7, 11) is 0. The van der Waals surface area contributed by atoms with Gasteiger partial charge < -0.3 is 14.3 Å². The van der Waals surface area contributed by atoms with Crippen LogP contribution in [0.25, 0.3) is 11.5 Å². The van der Waals surface area contributed by atoms with Gasteiger partial charge in [0.1, 0.15) is 5.75 Å². The SMILES string of the molecule is O=C(O)c1ccc(-c2nnc(CCCCOc3ccccc3)o2)cc1. The molecule has 0 amide bonds. The van der Waals surface area contributed by atoms with E-state index in [2.05, 4.69) is 10.2 Å². The zero-order valence-corrected chi connectivity index (χ0v) is 13.6. The van der Waals surface area contributed by atoms with Crippen molar-refractivity contribution in [1.29, 1.82) is 0 Å². The lowest BCUT2D eigenvalue weighted by molar-refractivity contribution is 0.0697. The van der Waals surface area contributed by atoms with E-state index >= 15 is 0 Å². The minimum Gasteiger partial charge on any atom is -0.494 e. The van der Waals surface area contributed by atoms with Crippen molar-refractivity contribution in [3.63, 3.8) is 0 Å². The summed E-state index contributed by atoms with van der Waals surface area (Å²) in [5.41, 5.74) is 0.929. The summed E-state index contributed by atoms with van der Waals surface area (Å²) in [6, 6.07) is 16.1. The highest BCUT2D eigenvalue weighted by atomic mass is 16.5. The lowest BCUT2D eigenvalue weighted by Crippen LogP contribution is -1.98. The molecule has 0 atom stereocenters. The number of para-hydroxylation sites is 1. The number of nitrogens with zero attached hydrogens (tertiary/aromatic N) is 2. The van der Waals surface area contributed by atoms with Gasteiger partial charge in [-0.1, -0.05) is 18.2 Å². The summed E-state index contributed by atoms with van der Waals surface area (Å²) >= 11 is 0. The average molecular weight is 338 g/mol. The van der Waals surface area contributed by atoms with E-state index < -0.39 is 5.97 Å². The number of aromatic nitrogens is 2. The Balaban J connectivity index is 1.46. The molecule has 1 heterocycles. The summed E-state index contributed by atoms with van der Waals surface area (Å²) in [5, 5.41) is 16.9. The van der Waals surface area contributed by atoms with Gasteiger partial charge in [0.05, 0.1) is 12.2 Å². The number of unbranched alkanes of at least 4 members (excludes halogenated alkanes) is 1. The summed E-state index contributed by atoms with van der Waals surface area (Å²) in [6.07, 6.45) is 2.45. The van der Waals surface area contributed by atoms with Crippen LogP contribution >= 0.6 is 0 Å². The van der Waals surface area contributed by atoms with E-state index in [4.69, 9.17) is 14.3 Å². The molecule has 0 aliphatic heterocycles. The number of ether oxygens (including phenoxy) is 1. The first-order valence-corrected chi connectivity index (χ1v) is 8.06. The van der Waals surface area contributed by atoms with E-state index in [0.717, 1.165) is 18.6 Å². The van der Waals surface area contributed by atoms with Crippen molar-refractivity contribution in [2.45, 2.75) is 19.3 Å². The molecule has 0 aliphatic rings. The Morgan fingerprint density at radius 3 is 2.48 bits per heavy atom. The third-order valence-electron chi connectivity index (χ3n) is 3.64. The normalized spacial score (nSPS) is 10.6. The fraction of sp³-hybridized carbons (Fsp3) is 0.211. The number of aryl methyl sites for hydroxylation is 1. The molecule has 0 saturated heterocycles. The predicted octanol–water partition coefficient (Wildman–Crippen LogP) is 3.84. The number of rotatable bonds is 8. The Labute approximate surface area is 145 Å². The molecule has 1 aromatic heterocycles. The summed E-state index contributed by atoms with van der Waals surface area (Å²) < 4.78 is 11.3. The van der Waals surface area contributed by atoms with Crippen LogP contribution in [0.4, 0.5) is 0 Å². The molecule has 0 fully saturated rings. The molecule has 6 nitrogen and oxygen atoms in total. The van der Waals surface area contributed by atoms with Crippen LogP contribution in [0.1, 0.15) is 29.1 Å². The van der Waals surface area contributed by atoms with Crippen molar-refractivity contribution < 1.29 is 19.1 Å². The van der Waals surface area contributed by atoms with Gasteiger partial charge in [-0.3, -0.25) is 0 Å². The number of hydrogen-bond acceptors (Lipinski definition) is 5. The van der Waals surface area contributed by atoms with Crippen molar-refractivity contribution in [3.05, 3.63) is 66.1 Å². The van der Waals surface area contributed by atoms with E-state index in [-0.39, 0.29) is 5.56 Å². The Bertz CT molecular complexity index is 813. The zero-order chi connectivity index (χ0) is 17.5. The fourth-order valence-electron chi connectivity index (χ4n) is 2.31. The van der Waals surface area contributed by atoms with Crippen molar-refractivity contribution in [2.24, 2.45) is 0 Å². The molecule has 2 aromatic carbocycles. The van der Waals surface area contributed by atoms with Gasteiger partial charge in [-0.05, 0) is 49.2 Å². The molecule has 3 aromatic rings. The quantitative estimate of drug-likeness (QED) is 0.628. The van der Waals surface area contributed by atoms with Gasteiger partial charge in [0.2, 0.25) is 11.8 Å². The molecule has 0 aliphatic carbocycles. The minimum atomic E-state index is -0.963. The smallest absolute Gasteiger partial charge is 0.335 e. The molecular formula is C19H18N2O4. The van der Waals surface area contributed by atoms with Gasteiger partial charge in [0, 0.05) is 12.0 Å². The number of carboxylic acid groups (broad SMARTS) is 1. The first-order valence-electron chi connectivity index (χ1n) is 8.06. The van der Waals surface area contributed by atoms with Crippen molar-refractivity contribution in [3.8, 4) is 17.2 Å². The maximum absolute atomic E-state index is 10.9. The zero-order valence-electron chi connectivity index (χ0n) is 13.6. The summed E-state index contributed by atoms with van der Waals surface area (Å²) in [5.74, 6) is 0.868. The van der Waals surface area contributed by atoms with Crippen LogP contribution in [0.15, 0.2) is 59.0 Å². The standard InChI is InChI=1S/C19H18N2O4/c22-19(23)15-11-9-14(10-12-15)18-21-20-17(25-18)8-4-5-13-24-16-6-2-1-3-7-16/h1-3,6-7,9-12H,4-5,8,13H2,(H,22,23). The Morgan fingerprint density at radius 2 is 1.76 bits per heavy atom. The van der Waals surface area contributed by atoms with E-state index in [9.17, 15) is 4.79 Å². The average Bonchev–Trinajstić information content (AvgIpc) is 3.11. The molecule has 6 heteroatoms. The number of benzene rings is 2. The first kappa shape index (κ1) is 16.7. The largest absolute Gasteiger partial charge is 0.494 e. The van der Waals surface area contributed by atoms with Gasteiger partial charge >= 0.3 is 5.97 Å². The van der Waals surface area contributed by atoms with Crippen LogP contribution in [-0.4, -0.2) is 27.9 Å². The molecule has 1 N–H and O–H groups in total. The molecule has 128 valence electrons. The minimum absolute atomic E-state index is 0.224. The third kappa shape index (κ3) is 4.67. The van der Waals surface area contributed by atoms with Gasteiger partial charge in [-0.25, -0.2) is 4.79 Å². The fourth-order valence-corrected chi connectivity index (χ4v) is 2.31. The molecule has 0 unspecified atom stereocenters. The molecule has 3 rings (SSSR count). The molecule has 0 radical (unpaired) electrons. The van der Waals surface area contributed by atoms with Crippen LogP contribution in [0.2, 0.25) is 0 Å². The van der Waals surface area contributed by atoms with E-state index in [1.807, 2.05) is 30.3 Å². The van der Waals surface area contributed by atoms with Crippen LogP contribution in [0.3, 0.4) is 0 Å². The summed E-state index contributed by atoms with van der Waals surface area (Å²) in [6.45, 7) is 0.641. The highest BCUT2D eigenvalue weighted by molar-refractivity contribution is 5.88. The second-order valence-electron chi connectivity index (χ2n) is 5.50.